The van der Waals surface area contributed by atoms with Crippen LogP contribution in [-0.4, -0.2) is 34.5 Å². The highest BCUT2D eigenvalue weighted by Gasteiger charge is 2.26. The molecule has 1 aliphatic rings. The van der Waals surface area contributed by atoms with Gasteiger partial charge < -0.3 is 9.47 Å². The summed E-state index contributed by atoms with van der Waals surface area (Å²) in [5.74, 6) is 0. The van der Waals surface area contributed by atoms with Crippen LogP contribution in [0.3, 0.4) is 0 Å². The monoisotopic (exact) mass is 301 g/mol. The Morgan fingerprint density at radius 1 is 1.30 bits per heavy atom. The van der Waals surface area contributed by atoms with Gasteiger partial charge in [-0.3, -0.25) is 4.18 Å². The molecule has 1 fully saturated rings. The molecule has 0 bridgehead atoms. The van der Waals surface area contributed by atoms with E-state index in [0.717, 1.165) is 25.5 Å². The molecule has 0 spiro atoms. The SMILES string of the molecule is COS(=O)(=O)NCC1CCC(OCc2ccccc2)O1. The third-order valence-electron chi connectivity index (χ3n) is 3.05. The molecule has 0 aliphatic carbocycles. The summed E-state index contributed by atoms with van der Waals surface area (Å²) in [6.07, 6.45) is 1.05. The number of hydrogen-bond acceptors (Lipinski definition) is 5. The van der Waals surface area contributed by atoms with Crippen molar-refractivity contribution >= 4 is 10.3 Å². The van der Waals surface area contributed by atoms with Crippen molar-refractivity contribution in [3.63, 3.8) is 0 Å². The van der Waals surface area contributed by atoms with Crippen molar-refractivity contribution in [2.75, 3.05) is 13.7 Å². The summed E-state index contributed by atoms with van der Waals surface area (Å²) in [4.78, 5) is 0. The molecule has 1 N–H and O–H groups in total. The van der Waals surface area contributed by atoms with Crippen molar-refractivity contribution in [2.45, 2.75) is 31.8 Å². The van der Waals surface area contributed by atoms with Gasteiger partial charge in [0, 0.05) is 13.0 Å². The third-order valence-corrected chi connectivity index (χ3v) is 4.01. The maximum absolute atomic E-state index is 11.1. The molecule has 112 valence electrons. The summed E-state index contributed by atoms with van der Waals surface area (Å²) in [6, 6.07) is 9.83. The normalized spacial score (nSPS) is 23.1. The Hall–Kier alpha value is -0.990. The molecule has 1 saturated heterocycles. The highest BCUT2D eigenvalue weighted by Crippen LogP contribution is 2.21. The highest BCUT2D eigenvalue weighted by molar-refractivity contribution is 7.84. The topological polar surface area (TPSA) is 73.9 Å². The summed E-state index contributed by atoms with van der Waals surface area (Å²) >= 11 is 0. The van der Waals surface area contributed by atoms with Crippen molar-refractivity contribution in [2.24, 2.45) is 0 Å². The molecule has 0 saturated carbocycles. The highest BCUT2D eigenvalue weighted by atomic mass is 32.2. The average Bonchev–Trinajstić information content (AvgIpc) is 2.92. The predicted molar refractivity (Wildman–Crippen MR) is 73.1 cm³/mol. The number of nitrogens with one attached hydrogen (secondary N) is 1. The van der Waals surface area contributed by atoms with Gasteiger partial charge in [-0.2, -0.15) is 13.1 Å². The molecular weight excluding hydrogens is 282 g/mol. The van der Waals surface area contributed by atoms with Gasteiger partial charge in [0.15, 0.2) is 6.29 Å². The van der Waals surface area contributed by atoms with E-state index < -0.39 is 10.3 Å². The minimum Gasteiger partial charge on any atom is -0.348 e. The Labute approximate surface area is 119 Å². The Morgan fingerprint density at radius 2 is 2.05 bits per heavy atom. The van der Waals surface area contributed by atoms with Crippen LogP contribution in [0.5, 0.6) is 0 Å². The molecule has 0 radical (unpaired) electrons. The zero-order valence-corrected chi connectivity index (χ0v) is 12.1. The Morgan fingerprint density at radius 3 is 2.75 bits per heavy atom. The second-order valence-electron chi connectivity index (χ2n) is 4.53. The number of rotatable bonds is 7. The van der Waals surface area contributed by atoms with Crippen LogP contribution in [0.25, 0.3) is 0 Å². The summed E-state index contributed by atoms with van der Waals surface area (Å²) < 4.78 is 40.1. The quantitative estimate of drug-likeness (QED) is 0.819. The van der Waals surface area contributed by atoms with Gasteiger partial charge in [0.1, 0.15) is 0 Å². The Kier molecular flexibility index (Phi) is 5.50. The van der Waals surface area contributed by atoms with Gasteiger partial charge in [-0.1, -0.05) is 30.3 Å². The van der Waals surface area contributed by atoms with E-state index in [9.17, 15) is 8.42 Å². The summed E-state index contributed by atoms with van der Waals surface area (Å²) in [6.45, 7) is 0.684. The second kappa shape index (κ2) is 7.14. The first-order valence-electron chi connectivity index (χ1n) is 6.45. The molecule has 2 unspecified atom stereocenters. The average molecular weight is 301 g/mol. The standard InChI is InChI=1S/C13H19NO5S/c1-17-20(15,16)14-9-12-7-8-13(19-12)18-10-11-5-3-2-4-6-11/h2-6,12-14H,7-10H2,1H3. The molecule has 6 nitrogen and oxygen atoms in total. The van der Waals surface area contributed by atoms with E-state index in [4.69, 9.17) is 9.47 Å². The molecule has 0 amide bonds. The van der Waals surface area contributed by atoms with E-state index in [1.54, 1.807) is 0 Å². The molecule has 7 heteroatoms. The summed E-state index contributed by atoms with van der Waals surface area (Å²) in [7, 11) is -2.54. The van der Waals surface area contributed by atoms with Gasteiger partial charge in [0.25, 0.3) is 0 Å². The van der Waals surface area contributed by atoms with E-state index >= 15 is 0 Å². The molecule has 1 aromatic carbocycles. The minimum absolute atomic E-state index is 0.180. The van der Waals surface area contributed by atoms with Crippen LogP contribution in [0.1, 0.15) is 18.4 Å². The molecule has 20 heavy (non-hydrogen) atoms. The lowest BCUT2D eigenvalue weighted by atomic mass is 10.2. The zero-order chi connectivity index (χ0) is 14.4. The predicted octanol–water partition coefficient (Wildman–Crippen LogP) is 1.19. The fourth-order valence-electron chi connectivity index (χ4n) is 1.96. The first kappa shape index (κ1) is 15.4. The van der Waals surface area contributed by atoms with Gasteiger partial charge >= 0.3 is 10.3 Å². The molecule has 1 aromatic rings. The van der Waals surface area contributed by atoms with Crippen molar-refractivity contribution in [3.8, 4) is 0 Å². The maximum Gasteiger partial charge on any atom is 0.335 e. The van der Waals surface area contributed by atoms with Gasteiger partial charge in [-0.25, -0.2) is 0 Å². The van der Waals surface area contributed by atoms with Gasteiger partial charge in [0.05, 0.1) is 19.8 Å². The lowest BCUT2D eigenvalue weighted by molar-refractivity contribution is -0.139. The lowest BCUT2D eigenvalue weighted by Gasteiger charge is -2.14. The minimum atomic E-state index is -3.65. The van der Waals surface area contributed by atoms with Crippen LogP contribution in [0, 0.1) is 0 Å². The first-order chi connectivity index (χ1) is 9.59. The van der Waals surface area contributed by atoms with Gasteiger partial charge in [-0.05, 0) is 12.0 Å². The third kappa shape index (κ3) is 4.84. The van der Waals surface area contributed by atoms with Gasteiger partial charge in [0.2, 0.25) is 0 Å². The smallest absolute Gasteiger partial charge is 0.335 e. The zero-order valence-electron chi connectivity index (χ0n) is 11.3. The summed E-state index contributed by atoms with van der Waals surface area (Å²) in [5.41, 5.74) is 1.08. The molecule has 2 rings (SSSR count). The number of benzene rings is 1. The maximum atomic E-state index is 11.1. The van der Waals surface area contributed by atoms with Crippen molar-refractivity contribution < 1.29 is 22.1 Å². The van der Waals surface area contributed by atoms with Crippen molar-refractivity contribution in [3.05, 3.63) is 35.9 Å². The Bertz CT molecular complexity index is 505. The van der Waals surface area contributed by atoms with E-state index in [1.807, 2.05) is 30.3 Å². The molecule has 1 aliphatic heterocycles. The molecule has 1 heterocycles. The molecular formula is C13H19NO5S. The Balaban J connectivity index is 1.70. The van der Waals surface area contributed by atoms with E-state index in [2.05, 4.69) is 8.91 Å². The first-order valence-corrected chi connectivity index (χ1v) is 7.86. The van der Waals surface area contributed by atoms with Crippen molar-refractivity contribution in [1.82, 2.24) is 4.72 Å². The van der Waals surface area contributed by atoms with Crippen LogP contribution >= 0.6 is 0 Å². The summed E-state index contributed by atoms with van der Waals surface area (Å²) in [5, 5.41) is 0. The van der Waals surface area contributed by atoms with E-state index in [-0.39, 0.29) is 18.9 Å². The van der Waals surface area contributed by atoms with Gasteiger partial charge in [-0.15, -0.1) is 0 Å². The number of hydrogen-bond donors (Lipinski definition) is 1. The largest absolute Gasteiger partial charge is 0.348 e. The lowest BCUT2D eigenvalue weighted by Crippen LogP contribution is -2.33. The molecule has 0 aromatic heterocycles. The fraction of sp³-hybridized carbons (Fsp3) is 0.538. The van der Waals surface area contributed by atoms with Crippen LogP contribution in [-0.2, 0) is 30.6 Å². The van der Waals surface area contributed by atoms with Crippen LogP contribution < -0.4 is 4.72 Å². The number of ether oxygens (including phenoxy) is 2. The van der Waals surface area contributed by atoms with E-state index in [1.165, 1.54) is 0 Å². The molecule has 2 atom stereocenters. The van der Waals surface area contributed by atoms with Crippen LogP contribution in [0.15, 0.2) is 30.3 Å². The second-order valence-corrected chi connectivity index (χ2v) is 6.06. The van der Waals surface area contributed by atoms with E-state index in [0.29, 0.717) is 6.61 Å². The van der Waals surface area contributed by atoms with Crippen molar-refractivity contribution in [1.29, 1.82) is 0 Å². The van der Waals surface area contributed by atoms with Crippen LogP contribution in [0.2, 0.25) is 0 Å². The van der Waals surface area contributed by atoms with Crippen LogP contribution in [0.4, 0.5) is 0 Å². The fourth-order valence-corrected chi connectivity index (χ4v) is 2.47.